The highest BCUT2D eigenvalue weighted by atomic mass is 16.3. The van der Waals surface area contributed by atoms with E-state index in [2.05, 4.69) is 17.2 Å². The summed E-state index contributed by atoms with van der Waals surface area (Å²) in [6.45, 7) is 4.51. The molecular weight excluding hydrogens is 192 g/mol. The zero-order chi connectivity index (χ0) is 11.3. The average Bonchev–Trinajstić information content (AvgIpc) is 2.66. The highest BCUT2D eigenvalue weighted by Gasteiger charge is 2.10. The minimum atomic E-state index is -0.359. The van der Waals surface area contributed by atoms with Crippen LogP contribution in [0.4, 0.5) is 0 Å². The van der Waals surface area contributed by atoms with E-state index in [-0.39, 0.29) is 12.1 Å². The van der Waals surface area contributed by atoms with E-state index in [0.29, 0.717) is 6.54 Å². The average molecular weight is 212 g/mol. The van der Waals surface area contributed by atoms with Crippen LogP contribution in [0.5, 0.6) is 0 Å². The third kappa shape index (κ3) is 3.60. The molecule has 0 aromatic carbocycles. The molecule has 3 N–H and O–H groups in total. The lowest BCUT2D eigenvalue weighted by molar-refractivity contribution is 0.144. The first kappa shape index (κ1) is 12.1. The summed E-state index contributed by atoms with van der Waals surface area (Å²) in [5.41, 5.74) is 6.71. The molecule has 1 aromatic rings. The van der Waals surface area contributed by atoms with E-state index in [1.807, 2.05) is 13.1 Å². The van der Waals surface area contributed by atoms with Crippen LogP contribution < -0.4 is 5.73 Å². The zero-order valence-corrected chi connectivity index (χ0v) is 9.43. The number of aromatic nitrogens is 3. The quantitative estimate of drug-likeness (QED) is 0.733. The predicted molar refractivity (Wildman–Crippen MR) is 58.2 cm³/mol. The van der Waals surface area contributed by atoms with Crippen LogP contribution in [-0.4, -0.2) is 26.2 Å². The van der Waals surface area contributed by atoms with Crippen molar-refractivity contribution in [2.75, 3.05) is 0 Å². The monoisotopic (exact) mass is 212 g/mol. The second-order valence-electron chi connectivity index (χ2n) is 3.82. The van der Waals surface area contributed by atoms with Gasteiger partial charge < -0.3 is 10.8 Å². The zero-order valence-electron chi connectivity index (χ0n) is 9.43. The van der Waals surface area contributed by atoms with Crippen molar-refractivity contribution in [2.45, 2.75) is 51.8 Å². The smallest absolute Gasteiger partial charge is 0.0994 e. The third-order valence-electron chi connectivity index (χ3n) is 2.41. The molecular formula is C10H20N4O. The van der Waals surface area contributed by atoms with Crippen LogP contribution in [0.2, 0.25) is 0 Å². The van der Waals surface area contributed by atoms with E-state index < -0.39 is 0 Å². The molecule has 0 saturated carbocycles. The molecule has 0 aliphatic rings. The van der Waals surface area contributed by atoms with Crippen molar-refractivity contribution in [3.05, 3.63) is 11.9 Å². The number of nitrogens with zero attached hydrogens (tertiary/aromatic N) is 3. The van der Waals surface area contributed by atoms with E-state index in [0.717, 1.165) is 25.0 Å². The maximum absolute atomic E-state index is 9.44. The Labute approximate surface area is 90.3 Å². The normalized spacial score (nSPS) is 15.2. The number of rotatable bonds is 6. The van der Waals surface area contributed by atoms with Crippen LogP contribution in [0.3, 0.4) is 0 Å². The Balaban J connectivity index is 2.55. The minimum Gasteiger partial charge on any atom is -0.391 e. The Morgan fingerprint density at radius 3 is 2.87 bits per heavy atom. The number of nitrogens with two attached hydrogens (primary N) is 1. The van der Waals surface area contributed by atoms with E-state index in [4.69, 9.17) is 5.73 Å². The van der Waals surface area contributed by atoms with Gasteiger partial charge in [-0.05, 0) is 12.8 Å². The maximum atomic E-state index is 9.44. The van der Waals surface area contributed by atoms with Gasteiger partial charge in [-0.2, -0.15) is 0 Å². The molecule has 86 valence electrons. The second-order valence-corrected chi connectivity index (χ2v) is 3.82. The lowest BCUT2D eigenvalue weighted by Crippen LogP contribution is -2.15. The standard InChI is InChI=1S/C10H20N4O/c1-3-5-9(11)10-7-14(13-12-10)6-8(15)4-2/h7-9,15H,3-6,11H2,1-2H3. The molecule has 1 aromatic heterocycles. The van der Waals surface area contributed by atoms with E-state index >= 15 is 0 Å². The van der Waals surface area contributed by atoms with E-state index in [1.165, 1.54) is 0 Å². The van der Waals surface area contributed by atoms with Crippen molar-refractivity contribution in [1.82, 2.24) is 15.0 Å². The topological polar surface area (TPSA) is 77.0 Å². The summed E-state index contributed by atoms with van der Waals surface area (Å²) < 4.78 is 1.65. The molecule has 0 aliphatic carbocycles. The van der Waals surface area contributed by atoms with Crippen molar-refractivity contribution in [3.63, 3.8) is 0 Å². The van der Waals surface area contributed by atoms with E-state index in [9.17, 15) is 5.11 Å². The van der Waals surface area contributed by atoms with Gasteiger partial charge in [0.15, 0.2) is 0 Å². The molecule has 0 spiro atoms. The van der Waals surface area contributed by atoms with Gasteiger partial charge in [-0.15, -0.1) is 5.10 Å². The lowest BCUT2D eigenvalue weighted by atomic mass is 10.1. The predicted octanol–water partition coefficient (Wildman–Crippen LogP) is 0.849. The third-order valence-corrected chi connectivity index (χ3v) is 2.41. The fourth-order valence-electron chi connectivity index (χ4n) is 1.38. The first-order valence-corrected chi connectivity index (χ1v) is 5.51. The van der Waals surface area contributed by atoms with Crippen LogP contribution in [0, 0.1) is 0 Å². The molecule has 0 amide bonds. The molecule has 0 fully saturated rings. The van der Waals surface area contributed by atoms with Gasteiger partial charge in [0.1, 0.15) is 0 Å². The fourth-order valence-corrected chi connectivity index (χ4v) is 1.38. The molecule has 0 saturated heterocycles. The Kier molecular flexibility index (Phi) is 4.71. The second kappa shape index (κ2) is 5.82. The summed E-state index contributed by atoms with van der Waals surface area (Å²) in [7, 11) is 0. The van der Waals surface area contributed by atoms with Gasteiger partial charge in [0, 0.05) is 0 Å². The molecule has 15 heavy (non-hydrogen) atoms. The molecule has 2 atom stereocenters. The highest BCUT2D eigenvalue weighted by Crippen LogP contribution is 2.12. The minimum absolute atomic E-state index is 0.0393. The molecule has 5 nitrogen and oxygen atoms in total. The number of aliphatic hydroxyl groups excluding tert-OH is 1. The first-order valence-electron chi connectivity index (χ1n) is 5.51. The summed E-state index contributed by atoms with van der Waals surface area (Å²) >= 11 is 0. The van der Waals surface area contributed by atoms with Gasteiger partial charge >= 0.3 is 0 Å². The molecule has 5 heteroatoms. The van der Waals surface area contributed by atoms with Gasteiger partial charge in [0.2, 0.25) is 0 Å². The summed E-state index contributed by atoms with van der Waals surface area (Å²) in [6, 6.07) is -0.0393. The Bertz CT molecular complexity index is 287. The first-order chi connectivity index (χ1) is 7.17. The highest BCUT2D eigenvalue weighted by molar-refractivity contribution is 4.99. The van der Waals surface area contributed by atoms with Crippen LogP contribution in [-0.2, 0) is 6.54 Å². The fraction of sp³-hybridized carbons (Fsp3) is 0.800. The van der Waals surface area contributed by atoms with Crippen LogP contribution >= 0.6 is 0 Å². The summed E-state index contributed by atoms with van der Waals surface area (Å²) in [5, 5.41) is 17.4. The van der Waals surface area contributed by atoms with Crippen LogP contribution in [0.25, 0.3) is 0 Å². The molecule has 0 radical (unpaired) electrons. The largest absolute Gasteiger partial charge is 0.391 e. The van der Waals surface area contributed by atoms with Crippen molar-refractivity contribution in [2.24, 2.45) is 5.73 Å². The van der Waals surface area contributed by atoms with Gasteiger partial charge in [-0.1, -0.05) is 25.5 Å². The summed E-state index contributed by atoms with van der Waals surface area (Å²) in [4.78, 5) is 0. The molecule has 1 rings (SSSR count). The SMILES string of the molecule is CCCC(N)c1cn(CC(O)CC)nn1. The van der Waals surface area contributed by atoms with Gasteiger partial charge in [0.05, 0.1) is 30.6 Å². The number of hydrogen-bond acceptors (Lipinski definition) is 4. The van der Waals surface area contributed by atoms with Crippen molar-refractivity contribution in [3.8, 4) is 0 Å². The Hall–Kier alpha value is -0.940. The summed E-state index contributed by atoms with van der Waals surface area (Å²) in [5.74, 6) is 0. The van der Waals surface area contributed by atoms with Gasteiger partial charge in [-0.25, -0.2) is 4.68 Å². The Morgan fingerprint density at radius 1 is 1.53 bits per heavy atom. The van der Waals surface area contributed by atoms with Gasteiger partial charge in [0.25, 0.3) is 0 Å². The van der Waals surface area contributed by atoms with Gasteiger partial charge in [-0.3, -0.25) is 0 Å². The molecule has 1 heterocycles. The summed E-state index contributed by atoms with van der Waals surface area (Å²) in [6.07, 6.45) is 4.12. The van der Waals surface area contributed by atoms with Crippen LogP contribution in [0.1, 0.15) is 44.8 Å². The maximum Gasteiger partial charge on any atom is 0.0994 e. The van der Waals surface area contributed by atoms with Crippen molar-refractivity contribution < 1.29 is 5.11 Å². The number of hydrogen-bond donors (Lipinski definition) is 2. The molecule has 0 aliphatic heterocycles. The van der Waals surface area contributed by atoms with E-state index in [1.54, 1.807) is 4.68 Å². The molecule has 0 bridgehead atoms. The van der Waals surface area contributed by atoms with Crippen molar-refractivity contribution >= 4 is 0 Å². The molecule has 2 unspecified atom stereocenters. The van der Waals surface area contributed by atoms with Crippen molar-refractivity contribution in [1.29, 1.82) is 0 Å². The van der Waals surface area contributed by atoms with Crippen LogP contribution in [0.15, 0.2) is 6.20 Å². The Morgan fingerprint density at radius 2 is 2.27 bits per heavy atom. The number of aliphatic hydroxyl groups is 1. The lowest BCUT2D eigenvalue weighted by Gasteiger charge is -2.06.